The molecule has 118 valence electrons. The van der Waals surface area contributed by atoms with E-state index in [9.17, 15) is 9.90 Å². The Morgan fingerprint density at radius 1 is 1.45 bits per heavy atom. The summed E-state index contributed by atoms with van der Waals surface area (Å²) < 4.78 is 5.43. The summed E-state index contributed by atoms with van der Waals surface area (Å²) in [7, 11) is 0. The Morgan fingerprint density at radius 3 is 2.77 bits per heavy atom. The van der Waals surface area contributed by atoms with Gasteiger partial charge in [-0.3, -0.25) is 4.79 Å². The number of ether oxygens (including phenoxy) is 1. The van der Waals surface area contributed by atoms with Crippen LogP contribution in [0.5, 0.6) is 5.88 Å². The molecule has 5 nitrogen and oxygen atoms in total. The highest BCUT2D eigenvalue weighted by atomic mass is 32.1. The van der Waals surface area contributed by atoms with E-state index in [4.69, 9.17) is 4.74 Å². The number of amides is 1. The zero-order chi connectivity index (χ0) is 16.2. The number of nitrogens with one attached hydrogen (secondary N) is 1. The topological polar surface area (TPSA) is 71.5 Å². The molecule has 0 aliphatic rings. The van der Waals surface area contributed by atoms with Crippen molar-refractivity contribution in [1.29, 1.82) is 0 Å². The Kier molecular flexibility index (Phi) is 5.15. The van der Waals surface area contributed by atoms with Crippen LogP contribution < -0.4 is 10.1 Å². The van der Waals surface area contributed by atoms with E-state index in [0.29, 0.717) is 11.4 Å². The summed E-state index contributed by atoms with van der Waals surface area (Å²) in [6, 6.07) is 5.15. The lowest BCUT2D eigenvalue weighted by molar-refractivity contribution is 0.0530. The molecule has 22 heavy (non-hydrogen) atoms. The lowest BCUT2D eigenvalue weighted by atomic mass is 9.99. The normalized spacial score (nSPS) is 13.7. The predicted octanol–water partition coefficient (Wildman–Crippen LogP) is 2.57. The van der Waals surface area contributed by atoms with E-state index < -0.39 is 5.60 Å². The number of carbonyl (C=O) groups is 1. The van der Waals surface area contributed by atoms with E-state index in [-0.39, 0.29) is 18.6 Å². The largest absolute Gasteiger partial charge is 0.475 e. The first-order chi connectivity index (χ1) is 10.4. The minimum Gasteiger partial charge on any atom is -0.475 e. The Bertz CT molecular complexity index is 607. The molecule has 2 N–H and O–H groups in total. The van der Waals surface area contributed by atoms with Crippen LogP contribution in [0.4, 0.5) is 0 Å². The Labute approximate surface area is 134 Å². The summed E-state index contributed by atoms with van der Waals surface area (Å²) in [5.74, 6) is 0.205. The van der Waals surface area contributed by atoms with Crippen molar-refractivity contribution < 1.29 is 14.6 Å². The average molecular weight is 320 g/mol. The van der Waals surface area contributed by atoms with Gasteiger partial charge in [0, 0.05) is 12.3 Å². The molecule has 1 amide bonds. The minimum atomic E-state index is -1.09. The molecule has 2 aromatic heterocycles. The molecule has 2 rings (SSSR count). The third kappa shape index (κ3) is 4.29. The predicted molar refractivity (Wildman–Crippen MR) is 86.2 cm³/mol. The highest BCUT2D eigenvalue weighted by molar-refractivity contribution is 7.08. The van der Waals surface area contributed by atoms with Crippen molar-refractivity contribution in [1.82, 2.24) is 10.3 Å². The molecular formula is C16H20N2O3S. The van der Waals surface area contributed by atoms with Gasteiger partial charge < -0.3 is 15.2 Å². The first-order valence-corrected chi connectivity index (χ1v) is 7.99. The fourth-order valence-corrected chi connectivity index (χ4v) is 2.64. The third-order valence-corrected chi connectivity index (χ3v) is 3.77. The first kappa shape index (κ1) is 16.5. The molecule has 6 heteroatoms. The Morgan fingerprint density at radius 2 is 2.23 bits per heavy atom. The van der Waals surface area contributed by atoms with Gasteiger partial charge in [-0.2, -0.15) is 11.3 Å². The van der Waals surface area contributed by atoms with Gasteiger partial charge in [0.05, 0.1) is 18.2 Å². The van der Waals surface area contributed by atoms with Gasteiger partial charge in [0.25, 0.3) is 5.91 Å². The summed E-state index contributed by atoms with van der Waals surface area (Å²) in [6.45, 7) is 5.63. The van der Waals surface area contributed by atoms with Crippen LogP contribution in [0.3, 0.4) is 0 Å². The molecule has 2 aromatic rings. The van der Waals surface area contributed by atoms with Crippen molar-refractivity contribution in [3.05, 3.63) is 46.3 Å². The van der Waals surface area contributed by atoms with Gasteiger partial charge in [0.1, 0.15) is 5.60 Å². The molecule has 0 bridgehead atoms. The zero-order valence-electron chi connectivity index (χ0n) is 12.9. The zero-order valence-corrected chi connectivity index (χ0v) is 13.7. The van der Waals surface area contributed by atoms with Crippen LogP contribution in [-0.2, 0) is 5.60 Å². The van der Waals surface area contributed by atoms with Crippen molar-refractivity contribution in [2.24, 2.45) is 0 Å². The Hall–Kier alpha value is -1.92. The van der Waals surface area contributed by atoms with Gasteiger partial charge in [-0.05, 0) is 49.2 Å². The van der Waals surface area contributed by atoms with Crippen LogP contribution in [0.15, 0.2) is 35.2 Å². The molecule has 1 atom stereocenters. The monoisotopic (exact) mass is 320 g/mol. The number of hydrogen-bond acceptors (Lipinski definition) is 5. The molecule has 0 aromatic carbocycles. The number of thiophene rings is 1. The minimum absolute atomic E-state index is 0.0351. The second-order valence-electron chi connectivity index (χ2n) is 5.52. The van der Waals surface area contributed by atoms with Crippen LogP contribution in [0.2, 0.25) is 0 Å². The third-order valence-electron chi connectivity index (χ3n) is 3.09. The smallest absolute Gasteiger partial charge is 0.252 e. The number of carbonyl (C=O) groups excluding carboxylic acids is 1. The van der Waals surface area contributed by atoms with E-state index in [2.05, 4.69) is 10.3 Å². The highest BCUT2D eigenvalue weighted by Gasteiger charge is 2.24. The van der Waals surface area contributed by atoms with Crippen LogP contribution in [0, 0.1) is 0 Å². The maximum absolute atomic E-state index is 12.1. The molecule has 0 aliphatic carbocycles. The number of hydrogen-bond donors (Lipinski definition) is 2. The molecule has 0 spiro atoms. The van der Waals surface area contributed by atoms with Gasteiger partial charge in [-0.25, -0.2) is 4.98 Å². The SMILES string of the molecule is CC(C)Oc1ccc(C(=O)NCC(C)(O)c2ccsc2)cn1. The molecule has 1 unspecified atom stereocenters. The van der Waals surface area contributed by atoms with Crippen molar-refractivity contribution >= 4 is 17.2 Å². The standard InChI is InChI=1S/C16H20N2O3S/c1-11(2)21-14-5-4-12(8-17-14)15(19)18-10-16(3,20)13-6-7-22-9-13/h4-9,11,20H,10H2,1-3H3,(H,18,19). The number of nitrogens with zero attached hydrogens (tertiary/aromatic N) is 1. The summed E-state index contributed by atoms with van der Waals surface area (Å²) in [4.78, 5) is 16.2. The maximum atomic E-state index is 12.1. The summed E-state index contributed by atoms with van der Waals surface area (Å²) in [5, 5.41) is 16.9. The van der Waals surface area contributed by atoms with Crippen LogP contribution in [0.25, 0.3) is 0 Å². The second-order valence-corrected chi connectivity index (χ2v) is 6.30. The molecule has 0 fully saturated rings. The summed E-state index contributed by atoms with van der Waals surface area (Å²) >= 11 is 1.51. The maximum Gasteiger partial charge on any atom is 0.252 e. The highest BCUT2D eigenvalue weighted by Crippen LogP contribution is 2.22. The molecule has 0 saturated heterocycles. The summed E-state index contributed by atoms with van der Waals surface area (Å²) in [5.41, 5.74) is 0.123. The van der Waals surface area contributed by atoms with E-state index in [0.717, 1.165) is 5.56 Å². The number of aromatic nitrogens is 1. The van der Waals surface area contributed by atoms with Crippen molar-refractivity contribution in [3.8, 4) is 5.88 Å². The van der Waals surface area contributed by atoms with Crippen LogP contribution in [0.1, 0.15) is 36.7 Å². The van der Waals surface area contributed by atoms with Gasteiger partial charge in [-0.15, -0.1) is 0 Å². The van der Waals surface area contributed by atoms with E-state index >= 15 is 0 Å². The molecule has 0 aliphatic heterocycles. The van der Waals surface area contributed by atoms with E-state index in [1.165, 1.54) is 17.5 Å². The summed E-state index contributed by atoms with van der Waals surface area (Å²) in [6.07, 6.45) is 1.50. The number of aliphatic hydroxyl groups is 1. The molecule has 0 saturated carbocycles. The van der Waals surface area contributed by atoms with Crippen LogP contribution >= 0.6 is 11.3 Å². The number of rotatable bonds is 6. The van der Waals surface area contributed by atoms with Crippen molar-refractivity contribution in [3.63, 3.8) is 0 Å². The lowest BCUT2D eigenvalue weighted by Crippen LogP contribution is -2.38. The molecular weight excluding hydrogens is 300 g/mol. The van der Waals surface area contributed by atoms with Crippen molar-refractivity contribution in [2.75, 3.05) is 6.54 Å². The van der Waals surface area contributed by atoms with Gasteiger partial charge in [-0.1, -0.05) is 0 Å². The van der Waals surface area contributed by atoms with Gasteiger partial charge >= 0.3 is 0 Å². The molecule has 0 radical (unpaired) electrons. The second kappa shape index (κ2) is 6.89. The Balaban J connectivity index is 1.95. The lowest BCUT2D eigenvalue weighted by Gasteiger charge is -2.22. The number of pyridine rings is 1. The van der Waals surface area contributed by atoms with E-state index in [1.807, 2.05) is 30.7 Å². The van der Waals surface area contributed by atoms with Crippen molar-refractivity contribution in [2.45, 2.75) is 32.5 Å². The quantitative estimate of drug-likeness (QED) is 0.858. The van der Waals surface area contributed by atoms with Gasteiger partial charge in [0.2, 0.25) is 5.88 Å². The average Bonchev–Trinajstić information content (AvgIpc) is 3.00. The van der Waals surface area contributed by atoms with Crippen LogP contribution in [-0.4, -0.2) is 28.6 Å². The van der Waals surface area contributed by atoms with E-state index in [1.54, 1.807) is 19.1 Å². The molecule has 2 heterocycles. The fourth-order valence-electron chi connectivity index (χ4n) is 1.85. The first-order valence-electron chi connectivity index (χ1n) is 7.04. The van der Waals surface area contributed by atoms with Gasteiger partial charge in [0.15, 0.2) is 0 Å². The fraction of sp³-hybridized carbons (Fsp3) is 0.375.